The fourth-order valence-electron chi connectivity index (χ4n) is 3.10. The maximum Gasteiger partial charge on any atom is 0.355 e. The second-order valence-corrected chi connectivity index (χ2v) is 5.80. The summed E-state index contributed by atoms with van der Waals surface area (Å²) in [6.07, 6.45) is 0. The number of esters is 2. The van der Waals surface area contributed by atoms with Crippen LogP contribution in [0.2, 0.25) is 0 Å². The Hall–Kier alpha value is -2.58. The first-order chi connectivity index (χ1) is 12.7. The van der Waals surface area contributed by atoms with Gasteiger partial charge in [0.25, 0.3) is 0 Å². The molecular weight excluding hydrogens is 340 g/mol. The summed E-state index contributed by atoms with van der Waals surface area (Å²) >= 11 is 0. The second kappa shape index (κ2) is 8.20. The Morgan fingerprint density at radius 1 is 0.962 bits per heavy atom. The number of ether oxygens (including phenoxy) is 4. The summed E-state index contributed by atoms with van der Waals surface area (Å²) in [5, 5.41) is 0. The van der Waals surface area contributed by atoms with Gasteiger partial charge in [-0.2, -0.15) is 0 Å². The first-order valence-electron chi connectivity index (χ1n) is 8.34. The van der Waals surface area contributed by atoms with E-state index in [0.717, 1.165) is 24.5 Å². The van der Waals surface area contributed by atoms with Crippen LogP contribution in [-0.2, 0) is 28.5 Å². The molecule has 0 spiro atoms. The number of carbonyl (C=O) groups excluding carboxylic acids is 2. The maximum absolute atomic E-state index is 12.5. The van der Waals surface area contributed by atoms with Crippen molar-refractivity contribution in [3.63, 3.8) is 0 Å². The lowest BCUT2D eigenvalue weighted by molar-refractivity contribution is -0.140. The third-order valence-electron chi connectivity index (χ3n) is 4.36. The van der Waals surface area contributed by atoms with Gasteiger partial charge in [-0.05, 0) is 12.1 Å². The molecular formula is C18H22N2O6. The minimum Gasteiger partial charge on any atom is -0.466 e. The molecule has 0 radical (unpaired) electrons. The molecule has 0 aliphatic carbocycles. The smallest absolute Gasteiger partial charge is 0.355 e. The molecule has 1 aromatic carbocycles. The zero-order valence-corrected chi connectivity index (χ0v) is 14.9. The predicted molar refractivity (Wildman–Crippen MR) is 93.8 cm³/mol. The Balaban J connectivity index is 2.07. The summed E-state index contributed by atoms with van der Waals surface area (Å²) in [5.74, 6) is -1.22. The van der Waals surface area contributed by atoms with Crippen LogP contribution < -0.4 is 9.80 Å². The number of carbonyl (C=O) groups is 2. The van der Waals surface area contributed by atoms with Gasteiger partial charge >= 0.3 is 11.9 Å². The normalized spacial score (nSPS) is 17.9. The molecule has 8 nitrogen and oxygen atoms in total. The Kier molecular flexibility index (Phi) is 5.75. The van der Waals surface area contributed by atoms with Crippen molar-refractivity contribution < 1.29 is 28.5 Å². The van der Waals surface area contributed by atoms with Gasteiger partial charge in [0, 0.05) is 13.1 Å². The third kappa shape index (κ3) is 3.51. The van der Waals surface area contributed by atoms with Gasteiger partial charge in [0.05, 0.1) is 51.0 Å². The molecule has 2 heterocycles. The van der Waals surface area contributed by atoms with Crippen molar-refractivity contribution in [3.05, 3.63) is 35.5 Å². The van der Waals surface area contributed by atoms with Gasteiger partial charge in [0.15, 0.2) is 0 Å². The minimum absolute atomic E-state index is 0.00662. The number of anilines is 2. The van der Waals surface area contributed by atoms with Crippen LogP contribution in [0.25, 0.3) is 0 Å². The van der Waals surface area contributed by atoms with Crippen LogP contribution in [0.15, 0.2) is 35.5 Å². The maximum atomic E-state index is 12.5. The molecule has 2 aliphatic rings. The van der Waals surface area contributed by atoms with E-state index in [9.17, 15) is 9.59 Å². The Morgan fingerprint density at radius 2 is 1.62 bits per heavy atom. The van der Waals surface area contributed by atoms with Gasteiger partial charge in [-0.25, -0.2) is 9.59 Å². The van der Waals surface area contributed by atoms with E-state index in [4.69, 9.17) is 18.9 Å². The van der Waals surface area contributed by atoms with Crippen molar-refractivity contribution >= 4 is 23.3 Å². The van der Waals surface area contributed by atoms with E-state index in [1.165, 1.54) is 14.2 Å². The van der Waals surface area contributed by atoms with E-state index in [1.807, 2.05) is 24.3 Å². The summed E-state index contributed by atoms with van der Waals surface area (Å²) < 4.78 is 20.7. The van der Waals surface area contributed by atoms with Gasteiger partial charge in [0.2, 0.25) is 0 Å². The van der Waals surface area contributed by atoms with Crippen LogP contribution in [0.1, 0.15) is 0 Å². The van der Waals surface area contributed by atoms with Crippen molar-refractivity contribution in [2.75, 3.05) is 63.7 Å². The van der Waals surface area contributed by atoms with Crippen molar-refractivity contribution in [2.24, 2.45) is 0 Å². The molecule has 1 fully saturated rings. The van der Waals surface area contributed by atoms with Gasteiger partial charge in [-0.15, -0.1) is 0 Å². The minimum atomic E-state index is -0.612. The fourth-order valence-corrected chi connectivity index (χ4v) is 3.10. The van der Waals surface area contributed by atoms with E-state index in [1.54, 1.807) is 4.90 Å². The van der Waals surface area contributed by atoms with Crippen molar-refractivity contribution in [2.45, 2.75) is 0 Å². The van der Waals surface area contributed by atoms with Gasteiger partial charge in [0.1, 0.15) is 12.4 Å². The van der Waals surface area contributed by atoms with Crippen LogP contribution in [-0.4, -0.2) is 65.8 Å². The van der Waals surface area contributed by atoms with Crippen LogP contribution in [0, 0.1) is 0 Å². The summed E-state index contributed by atoms with van der Waals surface area (Å²) in [6, 6.07) is 7.67. The Labute approximate surface area is 151 Å². The number of morpholine rings is 1. The quantitative estimate of drug-likeness (QED) is 0.732. The third-order valence-corrected chi connectivity index (χ3v) is 4.36. The summed E-state index contributed by atoms with van der Waals surface area (Å²) in [6.45, 7) is 2.88. The topological polar surface area (TPSA) is 77.5 Å². The molecule has 0 amide bonds. The lowest BCUT2D eigenvalue weighted by atomic mass is 10.1. The molecule has 1 aromatic rings. The van der Waals surface area contributed by atoms with E-state index >= 15 is 0 Å². The van der Waals surface area contributed by atoms with Crippen molar-refractivity contribution in [3.8, 4) is 0 Å². The largest absolute Gasteiger partial charge is 0.466 e. The molecule has 8 heteroatoms. The highest BCUT2D eigenvalue weighted by molar-refractivity contribution is 6.04. The molecule has 0 bridgehead atoms. The van der Waals surface area contributed by atoms with Crippen LogP contribution in [0.3, 0.4) is 0 Å². The highest BCUT2D eigenvalue weighted by atomic mass is 16.5. The number of hydrogen-bond donors (Lipinski definition) is 0. The predicted octanol–water partition coefficient (Wildman–Crippen LogP) is 0.917. The first kappa shape index (κ1) is 18.2. The van der Waals surface area contributed by atoms with Crippen LogP contribution in [0.5, 0.6) is 0 Å². The number of rotatable bonds is 4. The highest BCUT2D eigenvalue weighted by Crippen LogP contribution is 2.35. The fraction of sp³-hybridized carbons (Fsp3) is 0.444. The second-order valence-electron chi connectivity index (χ2n) is 5.80. The zero-order chi connectivity index (χ0) is 18.5. The van der Waals surface area contributed by atoms with E-state index in [2.05, 4.69) is 4.90 Å². The summed E-state index contributed by atoms with van der Waals surface area (Å²) in [5.41, 5.74) is 1.98. The molecule has 26 heavy (non-hydrogen) atoms. The van der Waals surface area contributed by atoms with E-state index < -0.39 is 11.9 Å². The number of nitrogens with zero attached hydrogens (tertiary/aromatic N) is 2. The lowest BCUT2D eigenvalue weighted by Gasteiger charge is -2.36. The molecule has 0 atom stereocenters. The SMILES string of the molecule is COC(=O)C1=C(C(=O)OC)N(c2ccccc2N2CCOCC2)COC1. The summed E-state index contributed by atoms with van der Waals surface area (Å²) in [4.78, 5) is 28.4. The van der Waals surface area contributed by atoms with Gasteiger partial charge < -0.3 is 28.7 Å². The molecule has 3 rings (SSSR count). The first-order valence-corrected chi connectivity index (χ1v) is 8.34. The Bertz CT molecular complexity index is 711. The van der Waals surface area contributed by atoms with Gasteiger partial charge in [-0.3, -0.25) is 0 Å². The summed E-state index contributed by atoms with van der Waals surface area (Å²) in [7, 11) is 2.55. The average molecular weight is 362 g/mol. The Morgan fingerprint density at radius 3 is 2.27 bits per heavy atom. The molecule has 2 aliphatic heterocycles. The van der Waals surface area contributed by atoms with Crippen LogP contribution in [0.4, 0.5) is 11.4 Å². The highest BCUT2D eigenvalue weighted by Gasteiger charge is 2.34. The van der Waals surface area contributed by atoms with Crippen molar-refractivity contribution in [1.82, 2.24) is 0 Å². The van der Waals surface area contributed by atoms with Crippen molar-refractivity contribution in [1.29, 1.82) is 0 Å². The zero-order valence-electron chi connectivity index (χ0n) is 14.9. The molecule has 1 saturated heterocycles. The standard InChI is InChI=1S/C18H22N2O6/c1-23-17(21)13-11-26-12-20(16(13)18(22)24-2)15-6-4-3-5-14(15)19-7-9-25-10-8-19/h3-6H,7-12H2,1-2H3. The molecule has 0 N–H and O–H groups in total. The molecule has 140 valence electrons. The molecule has 0 saturated carbocycles. The molecule has 0 unspecified atom stereocenters. The number of methoxy groups -OCH3 is 2. The van der Waals surface area contributed by atoms with E-state index in [0.29, 0.717) is 13.2 Å². The number of benzene rings is 1. The monoisotopic (exact) mass is 362 g/mol. The molecule has 0 aromatic heterocycles. The van der Waals surface area contributed by atoms with Crippen LogP contribution >= 0.6 is 0 Å². The number of para-hydroxylation sites is 2. The van der Waals surface area contributed by atoms with Gasteiger partial charge in [-0.1, -0.05) is 12.1 Å². The average Bonchev–Trinajstić information content (AvgIpc) is 2.72. The van der Waals surface area contributed by atoms with E-state index in [-0.39, 0.29) is 24.6 Å². The number of hydrogen-bond acceptors (Lipinski definition) is 8. The lowest BCUT2D eigenvalue weighted by Crippen LogP contribution is -2.41.